The smallest absolute Gasteiger partial charge is 0.416 e. The van der Waals surface area contributed by atoms with Crippen LogP contribution in [0.3, 0.4) is 0 Å². The van der Waals surface area contributed by atoms with Crippen LogP contribution in [0, 0.1) is 0 Å². The number of hydrogen-bond acceptors (Lipinski definition) is 3. The van der Waals surface area contributed by atoms with Crippen molar-refractivity contribution in [3.63, 3.8) is 0 Å². The van der Waals surface area contributed by atoms with Gasteiger partial charge in [0.1, 0.15) is 0 Å². The number of alkyl halides is 3. The number of esters is 1. The van der Waals surface area contributed by atoms with E-state index in [4.69, 9.17) is 10.5 Å². The molecule has 3 nitrogen and oxygen atoms in total. The third kappa shape index (κ3) is 3.56. The van der Waals surface area contributed by atoms with E-state index in [1.807, 2.05) is 0 Å². The molecule has 1 atom stereocenters. The summed E-state index contributed by atoms with van der Waals surface area (Å²) in [6.07, 6.45) is -2.76. The number of halogens is 3. The lowest BCUT2D eigenvalue weighted by Gasteiger charge is -2.28. The Kier molecular flexibility index (Phi) is 5.04. The number of nitrogens with two attached hydrogens (primary N) is 1. The molecule has 0 aliphatic heterocycles. The largest absolute Gasteiger partial charge is 0.465 e. The first kappa shape index (κ1) is 17.1. The highest BCUT2D eigenvalue weighted by molar-refractivity contribution is 5.85. The van der Waals surface area contributed by atoms with Crippen molar-refractivity contribution >= 4 is 11.7 Å². The third-order valence-electron chi connectivity index (χ3n) is 3.25. The molecule has 0 aliphatic carbocycles. The highest BCUT2D eigenvalue weighted by Crippen LogP contribution is 2.37. The minimum absolute atomic E-state index is 0.0952. The summed E-state index contributed by atoms with van der Waals surface area (Å²) < 4.78 is 43.0. The predicted octanol–water partition coefficient (Wildman–Crippen LogP) is 3.68. The number of carbonyl (C=O) groups is 1. The Bertz CT molecular complexity index is 540. The second-order valence-corrected chi connectivity index (χ2v) is 4.85. The normalized spacial score (nSPS) is 14.3. The molecule has 0 saturated carbocycles. The molecule has 0 fully saturated rings. The van der Waals surface area contributed by atoms with Crippen molar-refractivity contribution in [2.75, 3.05) is 12.3 Å². The summed E-state index contributed by atoms with van der Waals surface area (Å²) in [7, 11) is 0. The second kappa shape index (κ2) is 6.20. The van der Waals surface area contributed by atoms with E-state index in [9.17, 15) is 18.0 Å². The maximum absolute atomic E-state index is 12.7. The number of rotatable bonds is 5. The molecule has 1 unspecified atom stereocenters. The number of ether oxygens (including phenoxy) is 1. The van der Waals surface area contributed by atoms with Crippen LogP contribution >= 0.6 is 0 Å². The van der Waals surface area contributed by atoms with Gasteiger partial charge in [-0.2, -0.15) is 13.2 Å². The van der Waals surface area contributed by atoms with Gasteiger partial charge in [0.15, 0.2) is 0 Å². The molecule has 0 spiro atoms. The van der Waals surface area contributed by atoms with Gasteiger partial charge in [0.25, 0.3) is 0 Å². The molecule has 0 heterocycles. The van der Waals surface area contributed by atoms with E-state index in [0.717, 1.165) is 12.1 Å². The van der Waals surface area contributed by atoms with E-state index in [0.29, 0.717) is 5.56 Å². The van der Waals surface area contributed by atoms with Gasteiger partial charge in [-0.3, -0.25) is 4.79 Å². The number of nitrogen functional groups attached to an aromatic ring is 1. The summed E-state index contributed by atoms with van der Waals surface area (Å²) in [5.41, 5.74) is 3.92. The molecule has 0 bridgehead atoms. The van der Waals surface area contributed by atoms with Crippen molar-refractivity contribution in [3.05, 3.63) is 42.0 Å². The van der Waals surface area contributed by atoms with E-state index in [1.54, 1.807) is 13.8 Å². The zero-order valence-electron chi connectivity index (χ0n) is 12.0. The van der Waals surface area contributed by atoms with Crippen LogP contribution in [-0.2, 0) is 21.1 Å². The number of anilines is 1. The van der Waals surface area contributed by atoms with Crippen LogP contribution in [0.4, 0.5) is 18.9 Å². The van der Waals surface area contributed by atoms with Gasteiger partial charge in [-0.05, 0) is 38.0 Å². The van der Waals surface area contributed by atoms with Gasteiger partial charge in [0.05, 0.1) is 17.6 Å². The minimum Gasteiger partial charge on any atom is -0.465 e. The summed E-state index contributed by atoms with van der Waals surface area (Å²) in [5, 5.41) is 0. The molecule has 0 aliphatic rings. The second-order valence-electron chi connectivity index (χ2n) is 4.85. The van der Waals surface area contributed by atoms with Gasteiger partial charge in [-0.25, -0.2) is 0 Å². The fraction of sp³-hybridized carbons (Fsp3) is 0.400. The van der Waals surface area contributed by atoms with Crippen LogP contribution in [0.25, 0.3) is 0 Å². The Morgan fingerprint density at radius 1 is 1.43 bits per heavy atom. The molecule has 6 heteroatoms. The SMILES string of the molecule is C=CCC(C)(C(=O)OCC)c1ccc(C(F)(F)F)cc1N. The molecule has 0 aromatic heterocycles. The first-order chi connectivity index (χ1) is 9.66. The average molecular weight is 301 g/mol. The fourth-order valence-corrected chi connectivity index (χ4v) is 2.12. The molecule has 1 aromatic rings. The topological polar surface area (TPSA) is 52.3 Å². The molecule has 2 N–H and O–H groups in total. The Morgan fingerprint density at radius 2 is 2.05 bits per heavy atom. The molecular formula is C15H18F3NO2. The highest BCUT2D eigenvalue weighted by atomic mass is 19.4. The first-order valence-corrected chi connectivity index (χ1v) is 6.42. The highest BCUT2D eigenvalue weighted by Gasteiger charge is 2.38. The molecular weight excluding hydrogens is 283 g/mol. The summed E-state index contributed by atoms with van der Waals surface area (Å²) >= 11 is 0. The van der Waals surface area contributed by atoms with Gasteiger partial charge in [0, 0.05) is 5.69 Å². The van der Waals surface area contributed by atoms with Crippen molar-refractivity contribution < 1.29 is 22.7 Å². The maximum Gasteiger partial charge on any atom is 0.416 e. The Morgan fingerprint density at radius 3 is 2.48 bits per heavy atom. The Labute approximate surface area is 121 Å². The Balaban J connectivity index is 3.33. The molecule has 116 valence electrons. The standard InChI is InChI=1S/C15H18F3NO2/c1-4-8-14(3,13(20)21-5-2)11-7-6-10(9-12(11)19)15(16,17)18/h4,6-7,9H,1,5,8,19H2,2-3H3. The van der Waals surface area contributed by atoms with Crippen molar-refractivity contribution in [1.82, 2.24) is 0 Å². The maximum atomic E-state index is 12.7. The number of carbonyl (C=O) groups excluding carboxylic acids is 1. The molecule has 1 rings (SSSR count). The lowest BCUT2D eigenvalue weighted by Crippen LogP contribution is -2.35. The number of allylic oxidation sites excluding steroid dienone is 1. The van der Waals surface area contributed by atoms with E-state index in [-0.39, 0.29) is 18.7 Å². The molecule has 1 aromatic carbocycles. The average Bonchev–Trinajstić information content (AvgIpc) is 2.37. The van der Waals surface area contributed by atoms with Crippen LogP contribution in [-0.4, -0.2) is 12.6 Å². The van der Waals surface area contributed by atoms with Crippen LogP contribution in [0.15, 0.2) is 30.9 Å². The van der Waals surface area contributed by atoms with E-state index in [2.05, 4.69) is 6.58 Å². The van der Waals surface area contributed by atoms with Gasteiger partial charge in [-0.1, -0.05) is 12.1 Å². The zero-order valence-corrected chi connectivity index (χ0v) is 12.0. The predicted molar refractivity (Wildman–Crippen MR) is 74.7 cm³/mol. The quantitative estimate of drug-likeness (QED) is 0.513. The lowest BCUT2D eigenvalue weighted by atomic mass is 9.78. The van der Waals surface area contributed by atoms with Gasteiger partial charge >= 0.3 is 12.1 Å². The Hall–Kier alpha value is -1.98. The van der Waals surface area contributed by atoms with Gasteiger partial charge < -0.3 is 10.5 Å². The lowest BCUT2D eigenvalue weighted by molar-refractivity contribution is -0.149. The summed E-state index contributed by atoms with van der Waals surface area (Å²) in [6.45, 7) is 6.97. The van der Waals surface area contributed by atoms with Crippen LogP contribution in [0.5, 0.6) is 0 Å². The van der Waals surface area contributed by atoms with Gasteiger partial charge in [-0.15, -0.1) is 6.58 Å². The summed E-state index contributed by atoms with van der Waals surface area (Å²) in [4.78, 5) is 12.1. The van der Waals surface area contributed by atoms with Crippen molar-refractivity contribution in [1.29, 1.82) is 0 Å². The monoisotopic (exact) mass is 301 g/mol. The van der Waals surface area contributed by atoms with Crippen LogP contribution in [0.2, 0.25) is 0 Å². The summed E-state index contributed by atoms with van der Waals surface area (Å²) in [5.74, 6) is -0.545. The molecule has 0 saturated heterocycles. The third-order valence-corrected chi connectivity index (χ3v) is 3.25. The molecule has 0 radical (unpaired) electrons. The van der Waals surface area contributed by atoms with Crippen molar-refractivity contribution in [3.8, 4) is 0 Å². The molecule has 0 amide bonds. The van der Waals surface area contributed by atoms with Crippen LogP contribution < -0.4 is 5.73 Å². The summed E-state index contributed by atoms with van der Waals surface area (Å²) in [6, 6.07) is 2.96. The van der Waals surface area contributed by atoms with Gasteiger partial charge in [0.2, 0.25) is 0 Å². The number of benzene rings is 1. The fourth-order valence-electron chi connectivity index (χ4n) is 2.12. The van der Waals surface area contributed by atoms with Crippen molar-refractivity contribution in [2.45, 2.75) is 31.9 Å². The first-order valence-electron chi connectivity index (χ1n) is 6.42. The zero-order chi connectivity index (χ0) is 16.3. The minimum atomic E-state index is -4.48. The number of hydrogen-bond donors (Lipinski definition) is 1. The van der Waals surface area contributed by atoms with E-state index < -0.39 is 23.1 Å². The van der Waals surface area contributed by atoms with E-state index in [1.165, 1.54) is 12.1 Å². The van der Waals surface area contributed by atoms with Crippen molar-refractivity contribution in [2.24, 2.45) is 0 Å². The van der Waals surface area contributed by atoms with E-state index >= 15 is 0 Å². The molecule has 21 heavy (non-hydrogen) atoms. The van der Waals surface area contributed by atoms with Crippen LogP contribution in [0.1, 0.15) is 31.4 Å².